The molecule has 1 amide bonds. The first-order chi connectivity index (χ1) is 10.6. The first-order valence-electron chi connectivity index (χ1n) is 7.23. The number of fused-ring (bicyclic) bond motifs is 1. The van der Waals surface area contributed by atoms with Gasteiger partial charge in [-0.3, -0.25) is 14.3 Å². The summed E-state index contributed by atoms with van der Waals surface area (Å²) in [4.78, 5) is 24.5. The third kappa shape index (κ3) is 2.98. The smallest absolute Gasteiger partial charge is 0.245 e. The lowest BCUT2D eigenvalue weighted by molar-refractivity contribution is -0.122. The number of para-hydroxylation sites is 1. The van der Waals surface area contributed by atoms with Crippen molar-refractivity contribution >= 4 is 22.6 Å². The first-order valence-corrected chi connectivity index (χ1v) is 7.23. The highest BCUT2D eigenvalue weighted by molar-refractivity contribution is 6.16. The first kappa shape index (κ1) is 15.7. The lowest BCUT2D eigenvalue weighted by Crippen LogP contribution is -2.35. The monoisotopic (exact) mass is 298 g/mol. The van der Waals surface area contributed by atoms with Gasteiger partial charge in [-0.05, 0) is 12.5 Å². The van der Waals surface area contributed by atoms with E-state index in [1.165, 1.54) is 0 Å². The molecule has 0 aliphatic carbocycles. The SMILES string of the molecule is CCCCNC(=O)C(C#N)C(=O)c1nn(C)c2ccccc12. The molecule has 0 spiro atoms. The molecule has 1 unspecified atom stereocenters. The van der Waals surface area contributed by atoms with Crippen LogP contribution in [0.4, 0.5) is 0 Å². The molecule has 2 aromatic rings. The minimum atomic E-state index is -1.37. The molecular weight excluding hydrogens is 280 g/mol. The Bertz CT molecular complexity index is 742. The van der Waals surface area contributed by atoms with Gasteiger partial charge in [-0.25, -0.2) is 0 Å². The van der Waals surface area contributed by atoms with Crippen LogP contribution >= 0.6 is 0 Å². The molecule has 22 heavy (non-hydrogen) atoms. The number of carbonyl (C=O) groups excluding carboxylic acids is 2. The lowest BCUT2D eigenvalue weighted by atomic mass is 10.00. The number of hydrogen-bond donors (Lipinski definition) is 1. The minimum absolute atomic E-state index is 0.162. The molecule has 1 aromatic carbocycles. The van der Waals surface area contributed by atoms with Crippen LogP contribution in [0.5, 0.6) is 0 Å². The molecule has 1 N–H and O–H groups in total. The second-order valence-electron chi connectivity index (χ2n) is 5.06. The Morgan fingerprint density at radius 2 is 2.14 bits per heavy atom. The van der Waals surface area contributed by atoms with Crippen molar-refractivity contribution in [2.75, 3.05) is 6.54 Å². The van der Waals surface area contributed by atoms with E-state index in [1.807, 2.05) is 19.1 Å². The van der Waals surface area contributed by atoms with Crippen molar-refractivity contribution in [3.8, 4) is 6.07 Å². The average Bonchev–Trinajstić information content (AvgIpc) is 2.86. The topological polar surface area (TPSA) is 87.8 Å². The van der Waals surface area contributed by atoms with E-state index in [-0.39, 0.29) is 5.69 Å². The largest absolute Gasteiger partial charge is 0.355 e. The van der Waals surface area contributed by atoms with Crippen LogP contribution in [0.15, 0.2) is 24.3 Å². The standard InChI is InChI=1S/C16H18N4O2/c1-3-4-9-18-16(22)12(10-17)15(21)14-11-7-5-6-8-13(11)20(2)19-14/h5-8,12H,3-4,9H2,1-2H3,(H,18,22). The molecule has 0 aliphatic rings. The zero-order valence-electron chi connectivity index (χ0n) is 12.7. The van der Waals surface area contributed by atoms with E-state index in [2.05, 4.69) is 10.4 Å². The van der Waals surface area contributed by atoms with Crippen LogP contribution in [-0.4, -0.2) is 28.0 Å². The molecule has 1 aromatic heterocycles. The highest BCUT2D eigenvalue weighted by atomic mass is 16.2. The van der Waals surface area contributed by atoms with Crippen LogP contribution < -0.4 is 5.32 Å². The van der Waals surface area contributed by atoms with Crippen LogP contribution in [0.25, 0.3) is 10.9 Å². The Labute approximate surface area is 128 Å². The van der Waals surface area contributed by atoms with E-state index < -0.39 is 17.6 Å². The Balaban J connectivity index is 2.28. The number of Topliss-reactive ketones (excluding diaryl/α,β-unsaturated/α-hetero) is 1. The van der Waals surface area contributed by atoms with Crippen molar-refractivity contribution in [2.45, 2.75) is 19.8 Å². The summed E-state index contributed by atoms with van der Waals surface area (Å²) in [5.74, 6) is -2.49. The summed E-state index contributed by atoms with van der Waals surface area (Å²) in [6.45, 7) is 2.46. The summed E-state index contributed by atoms with van der Waals surface area (Å²) in [5, 5.41) is 16.6. The highest BCUT2D eigenvalue weighted by Gasteiger charge is 2.30. The van der Waals surface area contributed by atoms with Gasteiger partial charge in [-0.1, -0.05) is 31.5 Å². The number of nitriles is 1. The number of rotatable bonds is 6. The quantitative estimate of drug-likeness (QED) is 0.500. The fourth-order valence-electron chi connectivity index (χ4n) is 2.26. The Morgan fingerprint density at radius 1 is 1.41 bits per heavy atom. The van der Waals surface area contributed by atoms with E-state index in [1.54, 1.807) is 29.9 Å². The fourth-order valence-corrected chi connectivity index (χ4v) is 2.26. The number of nitrogens with zero attached hydrogens (tertiary/aromatic N) is 3. The molecule has 0 aliphatic heterocycles. The van der Waals surface area contributed by atoms with Gasteiger partial charge < -0.3 is 5.32 Å². The van der Waals surface area contributed by atoms with Crippen molar-refractivity contribution in [3.05, 3.63) is 30.0 Å². The molecule has 0 saturated carbocycles. The number of aryl methyl sites for hydroxylation is 1. The van der Waals surface area contributed by atoms with Gasteiger partial charge in [0.25, 0.3) is 0 Å². The number of carbonyl (C=O) groups is 2. The second-order valence-corrected chi connectivity index (χ2v) is 5.06. The van der Waals surface area contributed by atoms with Crippen molar-refractivity contribution in [1.29, 1.82) is 5.26 Å². The number of aromatic nitrogens is 2. The average molecular weight is 298 g/mol. The van der Waals surface area contributed by atoms with Crippen LogP contribution in [0, 0.1) is 17.2 Å². The van der Waals surface area contributed by atoms with Crippen LogP contribution in [0.2, 0.25) is 0 Å². The Morgan fingerprint density at radius 3 is 2.82 bits per heavy atom. The van der Waals surface area contributed by atoms with E-state index in [0.717, 1.165) is 18.4 Å². The highest BCUT2D eigenvalue weighted by Crippen LogP contribution is 2.20. The summed E-state index contributed by atoms with van der Waals surface area (Å²) < 4.78 is 1.58. The number of benzene rings is 1. The van der Waals surface area contributed by atoms with Gasteiger partial charge in [0.2, 0.25) is 11.7 Å². The molecule has 0 bridgehead atoms. The van der Waals surface area contributed by atoms with Gasteiger partial charge in [0, 0.05) is 19.0 Å². The number of amides is 1. The predicted molar refractivity (Wildman–Crippen MR) is 82.1 cm³/mol. The van der Waals surface area contributed by atoms with Gasteiger partial charge in [0.1, 0.15) is 5.69 Å². The van der Waals surface area contributed by atoms with E-state index in [9.17, 15) is 14.9 Å². The molecule has 2 rings (SSSR count). The van der Waals surface area contributed by atoms with E-state index >= 15 is 0 Å². The molecule has 0 fully saturated rings. The van der Waals surface area contributed by atoms with Crippen LogP contribution in [0.1, 0.15) is 30.3 Å². The summed E-state index contributed by atoms with van der Waals surface area (Å²) in [6, 6.07) is 9.03. The Kier molecular flexibility index (Phi) is 4.89. The summed E-state index contributed by atoms with van der Waals surface area (Å²) in [5.41, 5.74) is 0.948. The molecular formula is C16H18N4O2. The maximum Gasteiger partial charge on any atom is 0.245 e. The van der Waals surface area contributed by atoms with Crippen molar-refractivity contribution in [3.63, 3.8) is 0 Å². The van der Waals surface area contributed by atoms with E-state index in [0.29, 0.717) is 11.9 Å². The predicted octanol–water partition coefficient (Wildman–Crippen LogP) is 1.81. The van der Waals surface area contributed by atoms with Gasteiger partial charge in [0.05, 0.1) is 11.6 Å². The lowest BCUT2D eigenvalue weighted by Gasteiger charge is -2.08. The summed E-state index contributed by atoms with van der Waals surface area (Å²) in [7, 11) is 1.72. The number of ketones is 1. The second kappa shape index (κ2) is 6.85. The Hall–Kier alpha value is -2.68. The third-order valence-electron chi connectivity index (χ3n) is 3.47. The number of unbranched alkanes of at least 4 members (excludes halogenated alkanes) is 1. The van der Waals surface area contributed by atoms with Crippen molar-refractivity contribution < 1.29 is 9.59 Å². The minimum Gasteiger partial charge on any atom is -0.355 e. The van der Waals surface area contributed by atoms with Crippen molar-refractivity contribution in [1.82, 2.24) is 15.1 Å². The summed E-state index contributed by atoms with van der Waals surface area (Å²) >= 11 is 0. The number of nitrogens with one attached hydrogen (secondary N) is 1. The molecule has 0 radical (unpaired) electrons. The maximum atomic E-state index is 12.5. The zero-order valence-corrected chi connectivity index (χ0v) is 12.7. The molecule has 1 atom stereocenters. The molecule has 6 nitrogen and oxygen atoms in total. The molecule has 6 heteroatoms. The van der Waals surface area contributed by atoms with Crippen LogP contribution in [0.3, 0.4) is 0 Å². The van der Waals surface area contributed by atoms with Gasteiger partial charge in [0.15, 0.2) is 5.92 Å². The van der Waals surface area contributed by atoms with Gasteiger partial charge in [-0.15, -0.1) is 0 Å². The van der Waals surface area contributed by atoms with E-state index in [4.69, 9.17) is 0 Å². The normalized spacial score (nSPS) is 11.9. The zero-order chi connectivity index (χ0) is 16.1. The van der Waals surface area contributed by atoms with Crippen molar-refractivity contribution in [2.24, 2.45) is 13.0 Å². The third-order valence-corrected chi connectivity index (χ3v) is 3.47. The molecule has 0 saturated heterocycles. The number of hydrogen-bond acceptors (Lipinski definition) is 4. The fraction of sp³-hybridized carbons (Fsp3) is 0.375. The molecule has 1 heterocycles. The van der Waals surface area contributed by atoms with Gasteiger partial charge >= 0.3 is 0 Å². The van der Waals surface area contributed by atoms with Crippen LogP contribution in [-0.2, 0) is 11.8 Å². The summed E-state index contributed by atoms with van der Waals surface area (Å²) in [6.07, 6.45) is 1.74. The van der Waals surface area contributed by atoms with Gasteiger partial charge in [-0.2, -0.15) is 10.4 Å². The maximum absolute atomic E-state index is 12.5. The molecule has 114 valence electrons.